The predicted molar refractivity (Wildman–Crippen MR) is 78.0 cm³/mol. The molecule has 0 aromatic rings. The maximum Gasteiger partial charge on any atom is 0.325 e. The van der Waals surface area contributed by atoms with Crippen LogP contribution in [0.1, 0.15) is 46.0 Å². The molecule has 0 bridgehead atoms. The van der Waals surface area contributed by atoms with Gasteiger partial charge in [0.25, 0.3) is 0 Å². The number of nitrogens with zero attached hydrogens (tertiary/aromatic N) is 1. The lowest BCUT2D eigenvalue weighted by Gasteiger charge is -2.27. The van der Waals surface area contributed by atoms with E-state index in [2.05, 4.69) is 18.6 Å². The number of hydrogen-bond acceptors (Lipinski definition) is 4. The van der Waals surface area contributed by atoms with E-state index in [4.69, 9.17) is 5.73 Å². The molecular formula is C15H28N2O3. The van der Waals surface area contributed by atoms with E-state index in [1.54, 1.807) is 4.90 Å². The van der Waals surface area contributed by atoms with Crippen LogP contribution in [0, 0.1) is 11.8 Å². The van der Waals surface area contributed by atoms with Crippen molar-refractivity contribution in [1.82, 2.24) is 4.90 Å². The second-order valence-electron chi connectivity index (χ2n) is 5.74. The smallest absolute Gasteiger partial charge is 0.325 e. The zero-order chi connectivity index (χ0) is 15.1. The standard InChI is InChI=1S/C15H28N2O3/c1-4-11(5-2)9-17(10-15(19)20-3)14(18)8-13(16)12-6-7-12/h11-13H,4-10,16H2,1-3H3. The summed E-state index contributed by atoms with van der Waals surface area (Å²) >= 11 is 0. The van der Waals surface area contributed by atoms with Gasteiger partial charge < -0.3 is 15.4 Å². The molecule has 116 valence electrons. The van der Waals surface area contributed by atoms with Crippen LogP contribution in [-0.2, 0) is 14.3 Å². The number of carbonyl (C=O) groups is 2. The van der Waals surface area contributed by atoms with Crippen LogP contribution in [0.5, 0.6) is 0 Å². The van der Waals surface area contributed by atoms with Gasteiger partial charge in [-0.25, -0.2) is 0 Å². The molecule has 1 rings (SSSR count). The zero-order valence-electron chi connectivity index (χ0n) is 12.9. The first kappa shape index (κ1) is 17.0. The van der Waals surface area contributed by atoms with Crippen molar-refractivity contribution in [1.29, 1.82) is 0 Å². The van der Waals surface area contributed by atoms with Crippen LogP contribution in [-0.4, -0.2) is 43.0 Å². The zero-order valence-corrected chi connectivity index (χ0v) is 12.9. The summed E-state index contributed by atoms with van der Waals surface area (Å²) in [5.41, 5.74) is 6.01. The number of esters is 1. The van der Waals surface area contributed by atoms with Gasteiger partial charge in [0.1, 0.15) is 6.54 Å². The highest BCUT2D eigenvalue weighted by molar-refractivity contribution is 5.82. The largest absolute Gasteiger partial charge is 0.468 e. The molecule has 0 radical (unpaired) electrons. The predicted octanol–water partition coefficient (Wildman–Crippen LogP) is 1.55. The van der Waals surface area contributed by atoms with Crippen LogP contribution in [0.3, 0.4) is 0 Å². The summed E-state index contributed by atoms with van der Waals surface area (Å²) < 4.78 is 4.68. The summed E-state index contributed by atoms with van der Waals surface area (Å²) in [5, 5.41) is 0. The molecule has 0 aliphatic heterocycles. The summed E-state index contributed by atoms with van der Waals surface area (Å²) in [6.45, 7) is 4.84. The first-order chi connectivity index (χ1) is 9.51. The maximum absolute atomic E-state index is 12.3. The molecule has 5 nitrogen and oxygen atoms in total. The molecule has 0 spiro atoms. The SMILES string of the molecule is CCC(CC)CN(CC(=O)OC)C(=O)CC(N)C1CC1. The molecule has 0 heterocycles. The number of ether oxygens (including phenoxy) is 1. The van der Waals surface area contributed by atoms with Crippen LogP contribution in [0.25, 0.3) is 0 Å². The van der Waals surface area contributed by atoms with E-state index in [9.17, 15) is 9.59 Å². The third-order valence-corrected chi connectivity index (χ3v) is 4.17. The van der Waals surface area contributed by atoms with Crippen molar-refractivity contribution in [3.05, 3.63) is 0 Å². The minimum Gasteiger partial charge on any atom is -0.468 e. The van der Waals surface area contributed by atoms with Gasteiger partial charge in [-0.05, 0) is 24.7 Å². The monoisotopic (exact) mass is 284 g/mol. The second kappa shape index (κ2) is 8.25. The number of hydrogen-bond donors (Lipinski definition) is 1. The van der Waals surface area contributed by atoms with Crippen LogP contribution in [0.4, 0.5) is 0 Å². The fraction of sp³-hybridized carbons (Fsp3) is 0.867. The first-order valence-corrected chi connectivity index (χ1v) is 7.61. The maximum atomic E-state index is 12.3. The van der Waals surface area contributed by atoms with Gasteiger partial charge in [0, 0.05) is 19.0 Å². The van der Waals surface area contributed by atoms with Crippen LogP contribution in [0.15, 0.2) is 0 Å². The fourth-order valence-corrected chi connectivity index (χ4v) is 2.36. The third-order valence-electron chi connectivity index (χ3n) is 4.17. The van der Waals surface area contributed by atoms with Crippen molar-refractivity contribution in [2.24, 2.45) is 17.6 Å². The van der Waals surface area contributed by atoms with E-state index in [-0.39, 0.29) is 24.5 Å². The van der Waals surface area contributed by atoms with E-state index in [1.807, 2.05) is 0 Å². The molecular weight excluding hydrogens is 256 g/mol. The fourth-order valence-electron chi connectivity index (χ4n) is 2.36. The highest BCUT2D eigenvalue weighted by Gasteiger charge is 2.31. The minimum absolute atomic E-state index is 0.0262. The van der Waals surface area contributed by atoms with Crippen LogP contribution < -0.4 is 5.73 Å². The lowest BCUT2D eigenvalue weighted by atomic mass is 10.0. The molecule has 20 heavy (non-hydrogen) atoms. The molecule has 1 saturated carbocycles. The van der Waals surface area contributed by atoms with Gasteiger partial charge in [0.05, 0.1) is 7.11 Å². The van der Waals surface area contributed by atoms with Crippen molar-refractivity contribution in [3.8, 4) is 0 Å². The topological polar surface area (TPSA) is 72.6 Å². The normalized spacial score (nSPS) is 16.1. The molecule has 0 aromatic carbocycles. The number of rotatable bonds is 9. The molecule has 1 atom stereocenters. The Hall–Kier alpha value is -1.10. The van der Waals surface area contributed by atoms with Gasteiger partial charge in [0.15, 0.2) is 0 Å². The lowest BCUT2D eigenvalue weighted by Crippen LogP contribution is -2.42. The molecule has 0 saturated heterocycles. The number of carbonyl (C=O) groups excluding carboxylic acids is 2. The summed E-state index contributed by atoms with van der Waals surface area (Å²) in [6.07, 6.45) is 4.57. The van der Waals surface area contributed by atoms with Crippen LogP contribution in [0.2, 0.25) is 0 Å². The summed E-state index contributed by atoms with van der Waals surface area (Å²) in [6, 6.07) is -0.0654. The summed E-state index contributed by atoms with van der Waals surface area (Å²) in [4.78, 5) is 25.4. The van der Waals surface area contributed by atoms with Gasteiger partial charge in [-0.2, -0.15) is 0 Å². The molecule has 1 fully saturated rings. The van der Waals surface area contributed by atoms with Gasteiger partial charge in [-0.1, -0.05) is 26.7 Å². The molecule has 1 unspecified atom stereocenters. The average Bonchev–Trinajstić information content (AvgIpc) is 3.27. The summed E-state index contributed by atoms with van der Waals surface area (Å²) in [7, 11) is 1.35. The van der Waals surface area contributed by atoms with Crippen molar-refractivity contribution in [2.75, 3.05) is 20.2 Å². The van der Waals surface area contributed by atoms with Crippen LogP contribution >= 0.6 is 0 Å². The Kier molecular flexibility index (Phi) is 6.99. The highest BCUT2D eigenvalue weighted by Crippen LogP contribution is 2.33. The van der Waals surface area contributed by atoms with E-state index >= 15 is 0 Å². The number of methoxy groups -OCH3 is 1. The Labute approximate surface area is 121 Å². The van der Waals surface area contributed by atoms with E-state index in [0.717, 1.165) is 25.7 Å². The Morgan fingerprint density at radius 2 is 1.90 bits per heavy atom. The van der Waals surface area contributed by atoms with E-state index in [1.165, 1.54) is 7.11 Å². The number of nitrogens with two attached hydrogens (primary N) is 1. The average molecular weight is 284 g/mol. The van der Waals surface area contributed by atoms with Crippen molar-refractivity contribution in [3.63, 3.8) is 0 Å². The van der Waals surface area contributed by atoms with Crippen molar-refractivity contribution < 1.29 is 14.3 Å². The molecule has 1 amide bonds. The van der Waals surface area contributed by atoms with E-state index in [0.29, 0.717) is 24.8 Å². The summed E-state index contributed by atoms with van der Waals surface area (Å²) in [5.74, 6) is 0.513. The van der Waals surface area contributed by atoms with E-state index < -0.39 is 0 Å². The van der Waals surface area contributed by atoms with Crippen molar-refractivity contribution >= 4 is 11.9 Å². The minimum atomic E-state index is -0.371. The van der Waals surface area contributed by atoms with Gasteiger partial charge >= 0.3 is 5.97 Å². The third kappa shape index (κ3) is 5.49. The van der Waals surface area contributed by atoms with Gasteiger partial charge in [-0.3, -0.25) is 9.59 Å². The second-order valence-corrected chi connectivity index (χ2v) is 5.74. The Bertz CT molecular complexity index is 325. The first-order valence-electron chi connectivity index (χ1n) is 7.61. The van der Waals surface area contributed by atoms with Gasteiger partial charge in [0.2, 0.25) is 5.91 Å². The molecule has 2 N–H and O–H groups in total. The Morgan fingerprint density at radius 3 is 2.35 bits per heavy atom. The molecule has 0 aromatic heterocycles. The Morgan fingerprint density at radius 1 is 1.30 bits per heavy atom. The molecule has 5 heteroatoms. The number of amides is 1. The Balaban J connectivity index is 2.58. The highest BCUT2D eigenvalue weighted by atomic mass is 16.5. The lowest BCUT2D eigenvalue weighted by molar-refractivity contribution is -0.147. The quantitative estimate of drug-likeness (QED) is 0.652. The molecule has 1 aliphatic rings. The van der Waals surface area contributed by atoms with Crippen molar-refractivity contribution in [2.45, 2.75) is 52.0 Å². The molecule has 1 aliphatic carbocycles. The van der Waals surface area contributed by atoms with Gasteiger partial charge in [-0.15, -0.1) is 0 Å².